The third-order valence-electron chi connectivity index (χ3n) is 1.63. The molecular weight excluding hydrogens is 248 g/mol. The SMILES string of the molecule is Cc1nccc(-c2sccc2Br)n1. The fraction of sp³-hybridized carbons (Fsp3) is 0.111. The maximum Gasteiger partial charge on any atom is 0.125 e. The minimum atomic E-state index is 0.804. The fourth-order valence-electron chi connectivity index (χ4n) is 1.06. The summed E-state index contributed by atoms with van der Waals surface area (Å²) < 4.78 is 1.09. The summed E-state index contributed by atoms with van der Waals surface area (Å²) in [7, 11) is 0. The Morgan fingerprint density at radius 2 is 2.23 bits per heavy atom. The van der Waals surface area contributed by atoms with E-state index < -0.39 is 0 Å². The molecule has 2 rings (SSSR count). The highest BCUT2D eigenvalue weighted by Gasteiger charge is 2.05. The van der Waals surface area contributed by atoms with Crippen LogP contribution in [0.25, 0.3) is 10.6 Å². The molecule has 0 aliphatic rings. The number of aryl methyl sites for hydroxylation is 1. The Kier molecular flexibility index (Phi) is 2.42. The quantitative estimate of drug-likeness (QED) is 0.781. The summed E-state index contributed by atoms with van der Waals surface area (Å²) in [5.74, 6) is 0.804. The molecule has 0 N–H and O–H groups in total. The lowest BCUT2D eigenvalue weighted by molar-refractivity contribution is 1.06. The highest BCUT2D eigenvalue weighted by atomic mass is 79.9. The Morgan fingerprint density at radius 3 is 2.85 bits per heavy atom. The monoisotopic (exact) mass is 254 g/mol. The third kappa shape index (κ3) is 1.78. The highest BCUT2D eigenvalue weighted by Crippen LogP contribution is 2.31. The Hall–Kier alpha value is -0.740. The number of halogens is 1. The molecular formula is C9H7BrN2S. The summed E-state index contributed by atoms with van der Waals surface area (Å²) in [5, 5.41) is 2.04. The minimum absolute atomic E-state index is 0.804. The van der Waals surface area contributed by atoms with Crippen molar-refractivity contribution in [3.8, 4) is 10.6 Å². The molecule has 0 fully saturated rings. The van der Waals surface area contributed by atoms with Crippen molar-refractivity contribution in [1.29, 1.82) is 0 Å². The molecule has 0 aliphatic heterocycles. The van der Waals surface area contributed by atoms with Crippen molar-refractivity contribution < 1.29 is 0 Å². The van der Waals surface area contributed by atoms with Gasteiger partial charge in [-0.2, -0.15) is 0 Å². The van der Waals surface area contributed by atoms with Crippen LogP contribution in [0.15, 0.2) is 28.2 Å². The maximum atomic E-state index is 4.35. The van der Waals surface area contributed by atoms with Gasteiger partial charge >= 0.3 is 0 Å². The van der Waals surface area contributed by atoms with Crippen LogP contribution in [0.3, 0.4) is 0 Å². The van der Waals surface area contributed by atoms with Gasteiger partial charge in [-0.3, -0.25) is 0 Å². The predicted octanol–water partition coefficient (Wildman–Crippen LogP) is 3.28. The zero-order chi connectivity index (χ0) is 9.26. The fourth-order valence-corrected chi connectivity index (χ4v) is 2.61. The van der Waals surface area contributed by atoms with Gasteiger partial charge in [0.25, 0.3) is 0 Å². The number of aromatic nitrogens is 2. The second kappa shape index (κ2) is 3.55. The topological polar surface area (TPSA) is 25.8 Å². The van der Waals surface area contributed by atoms with Gasteiger partial charge in [0.15, 0.2) is 0 Å². The molecule has 2 heterocycles. The molecule has 0 aliphatic carbocycles. The van der Waals surface area contributed by atoms with Crippen molar-refractivity contribution in [2.75, 3.05) is 0 Å². The van der Waals surface area contributed by atoms with E-state index in [1.807, 2.05) is 24.4 Å². The molecule has 0 radical (unpaired) electrons. The van der Waals surface area contributed by atoms with Crippen LogP contribution < -0.4 is 0 Å². The number of hydrogen-bond donors (Lipinski definition) is 0. The van der Waals surface area contributed by atoms with Gasteiger partial charge in [-0.1, -0.05) is 0 Å². The molecule has 0 saturated carbocycles. The lowest BCUT2D eigenvalue weighted by Gasteiger charge is -1.97. The molecule has 0 spiro atoms. The van der Waals surface area contributed by atoms with Crippen LogP contribution >= 0.6 is 27.3 Å². The van der Waals surface area contributed by atoms with Crippen LogP contribution in [0, 0.1) is 6.92 Å². The van der Waals surface area contributed by atoms with Crippen molar-refractivity contribution in [1.82, 2.24) is 9.97 Å². The summed E-state index contributed by atoms with van der Waals surface area (Å²) >= 11 is 5.15. The first-order chi connectivity index (χ1) is 6.27. The average molecular weight is 255 g/mol. The molecule has 0 unspecified atom stereocenters. The highest BCUT2D eigenvalue weighted by molar-refractivity contribution is 9.10. The van der Waals surface area contributed by atoms with Gasteiger partial charge < -0.3 is 0 Å². The molecule has 0 saturated heterocycles. The Bertz CT molecular complexity index is 425. The van der Waals surface area contributed by atoms with Crippen LogP contribution in [0.1, 0.15) is 5.82 Å². The summed E-state index contributed by atoms with van der Waals surface area (Å²) in [6, 6.07) is 3.95. The number of thiophene rings is 1. The first-order valence-electron chi connectivity index (χ1n) is 3.80. The van der Waals surface area contributed by atoms with Gasteiger partial charge in [0.1, 0.15) is 5.82 Å². The van der Waals surface area contributed by atoms with Crippen molar-refractivity contribution in [3.05, 3.63) is 34.0 Å². The van der Waals surface area contributed by atoms with E-state index in [1.54, 1.807) is 17.5 Å². The van der Waals surface area contributed by atoms with Crippen LogP contribution in [0.5, 0.6) is 0 Å². The largest absolute Gasteiger partial charge is 0.242 e. The standard InChI is InChI=1S/C9H7BrN2S/c1-6-11-4-2-8(12-6)9-7(10)3-5-13-9/h2-5H,1H3. The van der Waals surface area contributed by atoms with Crippen LogP contribution in [0.2, 0.25) is 0 Å². The molecule has 0 aromatic carbocycles. The first kappa shape index (κ1) is 8.84. The van der Waals surface area contributed by atoms with Gasteiger partial charge in [0.05, 0.1) is 10.6 Å². The van der Waals surface area contributed by atoms with Gasteiger partial charge in [-0.25, -0.2) is 9.97 Å². The van der Waals surface area contributed by atoms with Crippen molar-refractivity contribution in [3.63, 3.8) is 0 Å². The Labute approximate surface area is 88.8 Å². The average Bonchev–Trinajstić information content (AvgIpc) is 2.51. The summed E-state index contributed by atoms with van der Waals surface area (Å²) in [6.45, 7) is 1.89. The summed E-state index contributed by atoms with van der Waals surface area (Å²) in [6.07, 6.45) is 1.78. The summed E-state index contributed by atoms with van der Waals surface area (Å²) in [5.41, 5.74) is 0.981. The summed E-state index contributed by atoms with van der Waals surface area (Å²) in [4.78, 5) is 9.56. The van der Waals surface area contributed by atoms with Crippen LogP contribution in [0.4, 0.5) is 0 Å². The first-order valence-corrected chi connectivity index (χ1v) is 5.47. The normalized spacial score (nSPS) is 10.3. The zero-order valence-electron chi connectivity index (χ0n) is 6.99. The zero-order valence-corrected chi connectivity index (χ0v) is 9.39. The number of nitrogens with zero attached hydrogens (tertiary/aromatic N) is 2. The molecule has 2 aromatic rings. The number of rotatable bonds is 1. The van der Waals surface area contributed by atoms with Crippen molar-refractivity contribution in [2.24, 2.45) is 0 Å². The second-order valence-corrected chi connectivity index (χ2v) is 4.36. The smallest absolute Gasteiger partial charge is 0.125 e. The lowest BCUT2D eigenvalue weighted by atomic mass is 10.3. The molecule has 0 bridgehead atoms. The van der Waals surface area contributed by atoms with Crippen molar-refractivity contribution >= 4 is 27.3 Å². The van der Waals surface area contributed by atoms with Crippen LogP contribution in [-0.2, 0) is 0 Å². The van der Waals surface area contributed by atoms with E-state index in [0.717, 1.165) is 20.9 Å². The minimum Gasteiger partial charge on any atom is -0.242 e. The second-order valence-electron chi connectivity index (χ2n) is 2.59. The van der Waals surface area contributed by atoms with E-state index >= 15 is 0 Å². The Balaban J connectivity index is 2.53. The van der Waals surface area contributed by atoms with E-state index in [0.29, 0.717) is 0 Å². The van der Waals surface area contributed by atoms with Gasteiger partial charge in [-0.05, 0) is 40.4 Å². The van der Waals surface area contributed by atoms with E-state index in [4.69, 9.17) is 0 Å². The van der Waals surface area contributed by atoms with E-state index in [2.05, 4.69) is 25.9 Å². The van der Waals surface area contributed by atoms with E-state index in [9.17, 15) is 0 Å². The van der Waals surface area contributed by atoms with E-state index in [1.165, 1.54) is 0 Å². The predicted molar refractivity (Wildman–Crippen MR) is 57.8 cm³/mol. The van der Waals surface area contributed by atoms with Gasteiger partial charge in [0.2, 0.25) is 0 Å². The lowest BCUT2D eigenvalue weighted by Crippen LogP contribution is -1.87. The molecule has 13 heavy (non-hydrogen) atoms. The molecule has 0 amide bonds. The van der Waals surface area contributed by atoms with Crippen LogP contribution in [-0.4, -0.2) is 9.97 Å². The number of hydrogen-bond acceptors (Lipinski definition) is 3. The maximum absolute atomic E-state index is 4.35. The molecule has 2 nitrogen and oxygen atoms in total. The molecule has 0 atom stereocenters. The molecule has 2 aromatic heterocycles. The van der Waals surface area contributed by atoms with Crippen molar-refractivity contribution in [2.45, 2.75) is 6.92 Å². The van der Waals surface area contributed by atoms with Gasteiger partial charge in [-0.15, -0.1) is 11.3 Å². The Morgan fingerprint density at radius 1 is 1.38 bits per heavy atom. The molecule has 66 valence electrons. The van der Waals surface area contributed by atoms with Gasteiger partial charge in [0, 0.05) is 10.7 Å². The third-order valence-corrected chi connectivity index (χ3v) is 3.49. The molecule has 4 heteroatoms. The van der Waals surface area contributed by atoms with E-state index in [-0.39, 0.29) is 0 Å².